The SMILES string of the molecule is CCN=Nc1cc(-c2c(F)c(F)c(-c3ccccc3)c(F)c2F)cc(C(=O)O)c1C. The van der Waals surface area contributed by atoms with E-state index in [0.29, 0.717) is 0 Å². The van der Waals surface area contributed by atoms with Crippen LogP contribution in [0.3, 0.4) is 0 Å². The Morgan fingerprint density at radius 2 is 1.43 bits per heavy atom. The van der Waals surface area contributed by atoms with Crippen LogP contribution >= 0.6 is 0 Å². The van der Waals surface area contributed by atoms with Crippen LogP contribution in [0, 0.1) is 30.2 Å². The number of nitrogens with zero attached hydrogens (tertiary/aromatic N) is 2. The van der Waals surface area contributed by atoms with Crippen molar-refractivity contribution in [3.8, 4) is 22.3 Å². The van der Waals surface area contributed by atoms with Crippen LogP contribution in [0.2, 0.25) is 0 Å². The first-order chi connectivity index (χ1) is 14.3. The summed E-state index contributed by atoms with van der Waals surface area (Å²) >= 11 is 0. The van der Waals surface area contributed by atoms with Crippen molar-refractivity contribution in [2.45, 2.75) is 13.8 Å². The summed E-state index contributed by atoms with van der Waals surface area (Å²) in [6.45, 7) is 3.42. The number of carboxylic acid groups (broad SMARTS) is 1. The van der Waals surface area contributed by atoms with Gasteiger partial charge in [-0.05, 0) is 42.7 Å². The molecular formula is C22H16F4N2O2. The van der Waals surface area contributed by atoms with Gasteiger partial charge >= 0.3 is 5.97 Å². The summed E-state index contributed by atoms with van der Waals surface area (Å²) in [6, 6.07) is 9.26. The fourth-order valence-corrected chi connectivity index (χ4v) is 3.06. The fraction of sp³-hybridized carbons (Fsp3) is 0.136. The second-order valence-corrected chi connectivity index (χ2v) is 6.40. The minimum absolute atomic E-state index is 0.0264. The first kappa shape index (κ1) is 21.2. The highest BCUT2D eigenvalue weighted by Crippen LogP contribution is 2.39. The van der Waals surface area contributed by atoms with Crippen molar-refractivity contribution >= 4 is 11.7 Å². The average Bonchev–Trinajstić information content (AvgIpc) is 2.73. The third-order valence-electron chi connectivity index (χ3n) is 4.55. The van der Waals surface area contributed by atoms with Gasteiger partial charge in [0.25, 0.3) is 0 Å². The van der Waals surface area contributed by atoms with Gasteiger partial charge in [-0.15, -0.1) is 0 Å². The highest BCUT2D eigenvalue weighted by atomic mass is 19.2. The molecule has 1 N–H and O–H groups in total. The van der Waals surface area contributed by atoms with E-state index in [1.807, 2.05) is 0 Å². The predicted molar refractivity (Wildman–Crippen MR) is 104 cm³/mol. The zero-order valence-corrected chi connectivity index (χ0v) is 16.0. The van der Waals surface area contributed by atoms with Crippen LogP contribution in [0.5, 0.6) is 0 Å². The van der Waals surface area contributed by atoms with Crippen LogP contribution in [0.1, 0.15) is 22.8 Å². The normalized spacial score (nSPS) is 11.3. The number of benzene rings is 3. The quantitative estimate of drug-likeness (QED) is 0.286. The van der Waals surface area contributed by atoms with E-state index in [4.69, 9.17) is 0 Å². The lowest BCUT2D eigenvalue weighted by Crippen LogP contribution is -2.05. The van der Waals surface area contributed by atoms with Gasteiger partial charge in [0.15, 0.2) is 23.3 Å². The van der Waals surface area contributed by atoms with Gasteiger partial charge in [0.1, 0.15) is 0 Å². The molecule has 0 saturated heterocycles. The molecule has 0 atom stereocenters. The molecule has 0 heterocycles. The minimum Gasteiger partial charge on any atom is -0.478 e. The highest BCUT2D eigenvalue weighted by Gasteiger charge is 2.28. The van der Waals surface area contributed by atoms with Crippen LogP contribution in [-0.4, -0.2) is 17.6 Å². The van der Waals surface area contributed by atoms with E-state index in [1.165, 1.54) is 31.2 Å². The fourth-order valence-electron chi connectivity index (χ4n) is 3.06. The van der Waals surface area contributed by atoms with E-state index in [-0.39, 0.29) is 34.5 Å². The molecule has 0 saturated carbocycles. The Hall–Kier alpha value is -3.55. The molecule has 0 radical (unpaired) electrons. The zero-order valence-electron chi connectivity index (χ0n) is 16.0. The topological polar surface area (TPSA) is 62.0 Å². The van der Waals surface area contributed by atoms with Gasteiger partial charge in [0.05, 0.1) is 28.9 Å². The average molecular weight is 416 g/mol. The molecule has 0 fully saturated rings. The monoisotopic (exact) mass is 416 g/mol. The lowest BCUT2D eigenvalue weighted by atomic mass is 9.94. The van der Waals surface area contributed by atoms with Crippen LogP contribution in [0.15, 0.2) is 52.7 Å². The molecule has 30 heavy (non-hydrogen) atoms. The molecule has 0 amide bonds. The molecular weight excluding hydrogens is 400 g/mol. The Balaban J connectivity index is 2.33. The van der Waals surface area contributed by atoms with Gasteiger partial charge in [0, 0.05) is 0 Å². The van der Waals surface area contributed by atoms with E-state index in [0.717, 1.165) is 12.1 Å². The lowest BCUT2D eigenvalue weighted by Gasteiger charge is -2.14. The third kappa shape index (κ3) is 3.68. The molecule has 0 aliphatic heterocycles. The first-order valence-electron chi connectivity index (χ1n) is 8.95. The standard InChI is InChI=1S/C22H16F4N2O2/c1-3-27-28-15-10-13(9-14(11(15)2)22(29)30)17-20(25)18(23)16(19(24)21(17)26)12-7-5-4-6-8-12/h4-10H,3H2,1-2H3,(H,29,30). The van der Waals surface area contributed by atoms with E-state index in [1.54, 1.807) is 13.0 Å². The van der Waals surface area contributed by atoms with Crippen LogP contribution in [-0.2, 0) is 0 Å². The summed E-state index contributed by atoms with van der Waals surface area (Å²) in [5, 5.41) is 17.0. The van der Waals surface area contributed by atoms with Crippen LogP contribution in [0.25, 0.3) is 22.3 Å². The molecule has 4 nitrogen and oxygen atoms in total. The summed E-state index contributed by atoms with van der Waals surface area (Å²) in [4.78, 5) is 11.6. The summed E-state index contributed by atoms with van der Waals surface area (Å²) < 4.78 is 59.4. The molecule has 0 bridgehead atoms. The van der Waals surface area contributed by atoms with Crippen LogP contribution < -0.4 is 0 Å². The van der Waals surface area contributed by atoms with E-state index in [2.05, 4.69) is 10.2 Å². The number of hydrogen-bond acceptors (Lipinski definition) is 3. The molecule has 3 rings (SSSR count). The Kier molecular flexibility index (Phi) is 5.96. The van der Waals surface area contributed by atoms with E-state index >= 15 is 0 Å². The maximum atomic E-state index is 14.9. The van der Waals surface area contributed by atoms with Crippen molar-refractivity contribution in [2.24, 2.45) is 10.2 Å². The number of aromatic carboxylic acids is 1. The molecule has 0 aromatic heterocycles. The largest absolute Gasteiger partial charge is 0.478 e. The molecule has 0 aliphatic rings. The van der Waals surface area contributed by atoms with Crippen molar-refractivity contribution in [2.75, 3.05) is 6.54 Å². The Bertz CT molecular complexity index is 1130. The molecule has 8 heteroatoms. The maximum absolute atomic E-state index is 14.9. The molecule has 0 spiro atoms. The smallest absolute Gasteiger partial charge is 0.336 e. The summed E-state index contributed by atoms with van der Waals surface area (Å²) in [5.74, 6) is -7.81. The van der Waals surface area contributed by atoms with Gasteiger partial charge in [0.2, 0.25) is 0 Å². The Morgan fingerprint density at radius 3 is 1.93 bits per heavy atom. The van der Waals surface area contributed by atoms with Crippen molar-refractivity contribution in [1.82, 2.24) is 0 Å². The number of carboxylic acids is 1. The first-order valence-corrected chi connectivity index (χ1v) is 8.95. The van der Waals surface area contributed by atoms with Gasteiger partial charge in [-0.25, -0.2) is 22.4 Å². The number of azo groups is 1. The second kappa shape index (κ2) is 8.44. The molecule has 3 aromatic rings. The van der Waals surface area contributed by atoms with E-state index in [9.17, 15) is 27.5 Å². The highest BCUT2D eigenvalue weighted by molar-refractivity contribution is 5.93. The van der Waals surface area contributed by atoms with Crippen molar-refractivity contribution < 1.29 is 27.5 Å². The Labute approximate surface area is 169 Å². The number of hydrogen-bond donors (Lipinski definition) is 1. The second-order valence-electron chi connectivity index (χ2n) is 6.40. The zero-order chi connectivity index (χ0) is 22.0. The number of halogens is 4. The Morgan fingerprint density at radius 1 is 0.900 bits per heavy atom. The van der Waals surface area contributed by atoms with Crippen molar-refractivity contribution in [1.29, 1.82) is 0 Å². The molecule has 3 aromatic carbocycles. The predicted octanol–water partition coefficient (Wildman–Crippen LogP) is 6.69. The minimum atomic E-state index is -1.63. The summed E-state index contributed by atoms with van der Waals surface area (Å²) in [5.41, 5.74) is -2.35. The van der Waals surface area contributed by atoms with Gasteiger partial charge in [-0.3, -0.25) is 0 Å². The van der Waals surface area contributed by atoms with Crippen molar-refractivity contribution in [3.63, 3.8) is 0 Å². The van der Waals surface area contributed by atoms with Gasteiger partial charge < -0.3 is 5.11 Å². The van der Waals surface area contributed by atoms with Crippen LogP contribution in [0.4, 0.5) is 23.2 Å². The number of rotatable bonds is 5. The van der Waals surface area contributed by atoms with Gasteiger partial charge in [-0.2, -0.15) is 10.2 Å². The molecule has 0 aliphatic carbocycles. The third-order valence-corrected chi connectivity index (χ3v) is 4.55. The van der Waals surface area contributed by atoms with Crippen molar-refractivity contribution in [3.05, 3.63) is 76.9 Å². The maximum Gasteiger partial charge on any atom is 0.336 e. The lowest BCUT2D eigenvalue weighted by molar-refractivity contribution is 0.0696. The molecule has 154 valence electrons. The summed E-state index contributed by atoms with van der Waals surface area (Å²) in [7, 11) is 0. The summed E-state index contributed by atoms with van der Waals surface area (Å²) in [6.07, 6.45) is 0. The number of carbonyl (C=O) groups is 1. The van der Waals surface area contributed by atoms with E-state index < -0.39 is 40.4 Å². The van der Waals surface area contributed by atoms with Gasteiger partial charge in [-0.1, -0.05) is 30.3 Å². The molecule has 0 unspecified atom stereocenters.